The number of piperazine rings is 1. The fraction of sp³-hybridized carbons (Fsp3) is 0.458. The van der Waals surface area contributed by atoms with Crippen molar-refractivity contribution in [2.45, 2.75) is 39.2 Å². The first-order chi connectivity index (χ1) is 14.5. The van der Waals surface area contributed by atoms with E-state index in [1.54, 1.807) is 0 Å². The van der Waals surface area contributed by atoms with Crippen molar-refractivity contribution in [3.8, 4) is 5.75 Å². The van der Waals surface area contributed by atoms with Crippen LogP contribution >= 0.6 is 27.5 Å². The molecule has 1 aliphatic heterocycles. The quantitative estimate of drug-likeness (QED) is 0.429. The molecule has 3 rings (SSSR count). The SMILES string of the molecule is CCCCCc1cc(Br)ccc1OCC(=O)N1CCN(Cc2ccc(Cl)cc2)CC1. The Morgan fingerprint density at radius 3 is 2.50 bits per heavy atom. The number of carbonyl (C=O) groups is 1. The molecule has 0 atom stereocenters. The molecular formula is C24H30BrClN2O2. The van der Waals surface area contributed by atoms with Crippen LogP contribution in [0.5, 0.6) is 5.75 Å². The summed E-state index contributed by atoms with van der Waals surface area (Å²) in [7, 11) is 0. The number of benzene rings is 2. The van der Waals surface area contributed by atoms with Gasteiger partial charge in [-0.25, -0.2) is 0 Å². The Bertz CT molecular complexity index is 820. The van der Waals surface area contributed by atoms with Gasteiger partial charge in [-0.15, -0.1) is 0 Å². The van der Waals surface area contributed by atoms with E-state index >= 15 is 0 Å². The Balaban J connectivity index is 1.46. The predicted molar refractivity (Wildman–Crippen MR) is 126 cm³/mol. The molecule has 0 N–H and O–H groups in total. The van der Waals surface area contributed by atoms with E-state index in [0.717, 1.165) is 60.8 Å². The zero-order chi connectivity index (χ0) is 21.3. The van der Waals surface area contributed by atoms with Gasteiger partial charge in [0.25, 0.3) is 5.91 Å². The third-order valence-electron chi connectivity index (χ3n) is 5.47. The largest absolute Gasteiger partial charge is 0.483 e. The van der Waals surface area contributed by atoms with Gasteiger partial charge in [-0.3, -0.25) is 9.69 Å². The average molecular weight is 494 g/mol. The molecule has 30 heavy (non-hydrogen) atoms. The maximum atomic E-state index is 12.7. The Hall–Kier alpha value is -1.56. The third-order valence-corrected chi connectivity index (χ3v) is 6.21. The number of hydrogen-bond donors (Lipinski definition) is 0. The normalized spacial score (nSPS) is 14.7. The van der Waals surface area contributed by atoms with Crippen molar-refractivity contribution in [3.05, 3.63) is 63.1 Å². The third kappa shape index (κ3) is 7.00. The second-order valence-electron chi connectivity index (χ2n) is 7.78. The van der Waals surface area contributed by atoms with Crippen LogP contribution in [0.15, 0.2) is 46.9 Å². The Morgan fingerprint density at radius 1 is 1.07 bits per heavy atom. The van der Waals surface area contributed by atoms with Crippen molar-refractivity contribution in [2.75, 3.05) is 32.8 Å². The van der Waals surface area contributed by atoms with Gasteiger partial charge < -0.3 is 9.64 Å². The molecule has 162 valence electrons. The number of carbonyl (C=O) groups excluding carboxylic acids is 1. The molecule has 0 bridgehead atoms. The number of amides is 1. The summed E-state index contributed by atoms with van der Waals surface area (Å²) in [5.41, 5.74) is 2.41. The Morgan fingerprint density at radius 2 is 1.80 bits per heavy atom. The number of aryl methyl sites for hydroxylation is 1. The van der Waals surface area contributed by atoms with Gasteiger partial charge in [0.1, 0.15) is 5.75 Å². The van der Waals surface area contributed by atoms with Crippen molar-refractivity contribution in [2.24, 2.45) is 0 Å². The molecule has 0 aromatic heterocycles. The highest BCUT2D eigenvalue weighted by Crippen LogP contribution is 2.25. The second kappa shape index (κ2) is 11.7. The molecule has 0 aliphatic carbocycles. The van der Waals surface area contributed by atoms with Gasteiger partial charge in [-0.05, 0) is 54.3 Å². The van der Waals surface area contributed by atoms with E-state index in [1.165, 1.54) is 24.0 Å². The van der Waals surface area contributed by atoms with Crippen LogP contribution in [0, 0.1) is 0 Å². The van der Waals surface area contributed by atoms with Crippen molar-refractivity contribution in [1.29, 1.82) is 0 Å². The minimum atomic E-state index is 0.0589. The summed E-state index contributed by atoms with van der Waals surface area (Å²) in [6.45, 7) is 6.39. The summed E-state index contributed by atoms with van der Waals surface area (Å²) in [4.78, 5) is 17.0. The van der Waals surface area contributed by atoms with Crippen molar-refractivity contribution >= 4 is 33.4 Å². The minimum absolute atomic E-state index is 0.0589. The first kappa shape index (κ1) is 23.1. The topological polar surface area (TPSA) is 32.8 Å². The number of ether oxygens (including phenoxy) is 1. The molecule has 2 aromatic rings. The summed E-state index contributed by atoms with van der Waals surface area (Å²) < 4.78 is 6.98. The van der Waals surface area contributed by atoms with Gasteiger partial charge in [0.2, 0.25) is 0 Å². The van der Waals surface area contributed by atoms with E-state index in [9.17, 15) is 4.79 Å². The van der Waals surface area contributed by atoms with Crippen LogP contribution in [0.25, 0.3) is 0 Å². The number of unbranched alkanes of at least 4 members (excludes halogenated alkanes) is 2. The molecule has 2 aromatic carbocycles. The zero-order valence-corrected chi connectivity index (χ0v) is 19.9. The highest BCUT2D eigenvalue weighted by molar-refractivity contribution is 9.10. The van der Waals surface area contributed by atoms with Crippen LogP contribution in [0.1, 0.15) is 37.3 Å². The van der Waals surface area contributed by atoms with Gasteiger partial charge in [-0.2, -0.15) is 0 Å². The number of halogens is 2. The highest BCUT2D eigenvalue weighted by Gasteiger charge is 2.21. The standard InChI is InChI=1S/C24H30BrClN2O2/c1-2-3-4-5-20-16-21(25)8-11-23(20)30-18-24(29)28-14-12-27(13-15-28)17-19-6-9-22(26)10-7-19/h6-11,16H,2-5,12-15,17-18H2,1H3. The lowest BCUT2D eigenvalue weighted by Gasteiger charge is -2.34. The smallest absolute Gasteiger partial charge is 0.260 e. The maximum Gasteiger partial charge on any atom is 0.260 e. The van der Waals surface area contributed by atoms with Crippen LogP contribution in [-0.4, -0.2) is 48.5 Å². The first-order valence-electron chi connectivity index (χ1n) is 10.7. The van der Waals surface area contributed by atoms with Gasteiger partial charge in [-0.1, -0.05) is 59.4 Å². The van der Waals surface area contributed by atoms with E-state index in [1.807, 2.05) is 29.2 Å². The van der Waals surface area contributed by atoms with E-state index in [-0.39, 0.29) is 12.5 Å². The number of nitrogens with zero attached hydrogens (tertiary/aromatic N) is 2. The average Bonchev–Trinajstić information content (AvgIpc) is 2.75. The molecule has 1 amide bonds. The fourth-order valence-corrected chi connectivity index (χ4v) is 4.22. The van der Waals surface area contributed by atoms with Crippen molar-refractivity contribution in [3.63, 3.8) is 0 Å². The summed E-state index contributed by atoms with van der Waals surface area (Å²) in [6, 6.07) is 14.0. The lowest BCUT2D eigenvalue weighted by Crippen LogP contribution is -2.49. The lowest BCUT2D eigenvalue weighted by atomic mass is 10.1. The first-order valence-corrected chi connectivity index (χ1v) is 11.9. The lowest BCUT2D eigenvalue weighted by molar-refractivity contribution is -0.135. The second-order valence-corrected chi connectivity index (χ2v) is 9.13. The van der Waals surface area contributed by atoms with Crippen LogP contribution in [0.3, 0.4) is 0 Å². The summed E-state index contributed by atoms with van der Waals surface area (Å²) in [5, 5.41) is 0.758. The molecule has 0 saturated carbocycles. The van der Waals surface area contributed by atoms with Gasteiger partial charge >= 0.3 is 0 Å². The van der Waals surface area contributed by atoms with E-state index in [4.69, 9.17) is 16.3 Å². The van der Waals surface area contributed by atoms with Crippen LogP contribution in [-0.2, 0) is 17.8 Å². The molecule has 4 nitrogen and oxygen atoms in total. The van der Waals surface area contributed by atoms with Gasteiger partial charge in [0, 0.05) is 42.2 Å². The Kier molecular flexibility index (Phi) is 9.04. The number of rotatable bonds is 9. The maximum absolute atomic E-state index is 12.7. The van der Waals surface area contributed by atoms with Crippen LogP contribution < -0.4 is 4.74 Å². The molecular weight excluding hydrogens is 464 g/mol. The van der Waals surface area contributed by atoms with Crippen LogP contribution in [0.2, 0.25) is 5.02 Å². The molecule has 1 saturated heterocycles. The molecule has 0 unspecified atom stereocenters. The van der Waals surface area contributed by atoms with E-state index in [0.29, 0.717) is 0 Å². The highest BCUT2D eigenvalue weighted by atomic mass is 79.9. The molecule has 6 heteroatoms. The summed E-state index contributed by atoms with van der Waals surface area (Å²) >= 11 is 9.50. The van der Waals surface area contributed by atoms with Crippen molar-refractivity contribution < 1.29 is 9.53 Å². The monoisotopic (exact) mass is 492 g/mol. The van der Waals surface area contributed by atoms with Gasteiger partial charge in [0.05, 0.1) is 0 Å². The minimum Gasteiger partial charge on any atom is -0.483 e. The van der Waals surface area contributed by atoms with Crippen molar-refractivity contribution in [1.82, 2.24) is 9.80 Å². The van der Waals surface area contributed by atoms with Crippen LogP contribution in [0.4, 0.5) is 0 Å². The molecule has 1 heterocycles. The predicted octanol–water partition coefficient (Wildman–Crippen LogP) is 5.56. The molecule has 1 aliphatic rings. The van der Waals surface area contributed by atoms with Gasteiger partial charge in [0.15, 0.2) is 6.61 Å². The Labute approximate surface area is 193 Å². The van der Waals surface area contributed by atoms with E-state index < -0.39 is 0 Å². The molecule has 0 radical (unpaired) electrons. The molecule has 1 fully saturated rings. The fourth-order valence-electron chi connectivity index (χ4n) is 3.68. The summed E-state index contributed by atoms with van der Waals surface area (Å²) in [6.07, 6.45) is 4.49. The number of hydrogen-bond acceptors (Lipinski definition) is 3. The summed E-state index contributed by atoms with van der Waals surface area (Å²) in [5.74, 6) is 0.882. The zero-order valence-electron chi connectivity index (χ0n) is 17.6. The molecule has 0 spiro atoms. The van der Waals surface area contributed by atoms with E-state index in [2.05, 4.69) is 46.0 Å².